The zero-order chi connectivity index (χ0) is 11.1. The third-order valence-electron chi connectivity index (χ3n) is 2.54. The molecule has 5 nitrogen and oxygen atoms in total. The normalized spacial score (nSPS) is 15.6. The number of halogens is 1. The molecule has 0 spiro atoms. The molecule has 0 unspecified atom stereocenters. The van der Waals surface area contributed by atoms with E-state index in [1.54, 1.807) is 0 Å². The number of nitrogens with zero attached hydrogens (tertiary/aromatic N) is 4. The molecule has 0 atom stereocenters. The van der Waals surface area contributed by atoms with E-state index >= 15 is 0 Å². The van der Waals surface area contributed by atoms with E-state index in [1.165, 1.54) is 17.4 Å². The minimum Gasteiger partial charge on any atom is -0.463 e. The predicted octanol–water partition coefficient (Wildman–Crippen LogP) is 2.05. The summed E-state index contributed by atoms with van der Waals surface area (Å²) < 4.78 is 6.72. The van der Waals surface area contributed by atoms with Gasteiger partial charge in [0.1, 0.15) is 5.15 Å². The fourth-order valence-corrected chi connectivity index (χ4v) is 1.84. The van der Waals surface area contributed by atoms with Crippen LogP contribution in [0.3, 0.4) is 0 Å². The molecule has 1 aliphatic rings. The van der Waals surface area contributed by atoms with Crippen molar-refractivity contribution in [2.75, 3.05) is 6.61 Å². The van der Waals surface area contributed by atoms with Crippen LogP contribution in [-0.4, -0.2) is 26.2 Å². The van der Waals surface area contributed by atoms with Crippen molar-refractivity contribution in [1.82, 2.24) is 19.6 Å². The molecular weight excluding hydrogens is 228 g/mol. The van der Waals surface area contributed by atoms with E-state index in [2.05, 4.69) is 15.1 Å². The van der Waals surface area contributed by atoms with Crippen molar-refractivity contribution in [3.05, 3.63) is 16.9 Å². The van der Waals surface area contributed by atoms with Crippen molar-refractivity contribution in [2.45, 2.75) is 25.7 Å². The summed E-state index contributed by atoms with van der Waals surface area (Å²) in [7, 11) is 0. The van der Waals surface area contributed by atoms with Gasteiger partial charge in [-0.3, -0.25) is 0 Å². The van der Waals surface area contributed by atoms with Gasteiger partial charge in [0.25, 0.3) is 5.78 Å². The molecule has 2 aromatic heterocycles. The molecule has 1 aliphatic carbocycles. The largest absolute Gasteiger partial charge is 0.463 e. The average molecular weight is 239 g/mol. The molecule has 0 amide bonds. The Balaban J connectivity index is 2.10. The maximum Gasteiger partial charge on any atom is 0.337 e. The first-order chi connectivity index (χ1) is 7.78. The van der Waals surface area contributed by atoms with Gasteiger partial charge >= 0.3 is 6.01 Å². The van der Waals surface area contributed by atoms with Crippen molar-refractivity contribution in [3.8, 4) is 6.01 Å². The third kappa shape index (κ3) is 1.61. The zero-order valence-electron chi connectivity index (χ0n) is 8.85. The summed E-state index contributed by atoms with van der Waals surface area (Å²) in [5.74, 6) is 1.06. The summed E-state index contributed by atoms with van der Waals surface area (Å²) in [5.41, 5.74) is 1.01. The molecule has 0 aliphatic heterocycles. The van der Waals surface area contributed by atoms with E-state index in [0.29, 0.717) is 29.5 Å². The van der Waals surface area contributed by atoms with Crippen molar-refractivity contribution < 1.29 is 4.74 Å². The number of ether oxygens (including phenoxy) is 1. The first-order valence-corrected chi connectivity index (χ1v) is 5.71. The van der Waals surface area contributed by atoms with E-state index < -0.39 is 0 Å². The van der Waals surface area contributed by atoms with Crippen LogP contribution in [0.25, 0.3) is 5.78 Å². The van der Waals surface area contributed by atoms with E-state index in [4.69, 9.17) is 16.3 Å². The Bertz CT molecular complexity index is 535. The van der Waals surface area contributed by atoms with Gasteiger partial charge < -0.3 is 4.74 Å². The second-order valence-corrected chi connectivity index (χ2v) is 4.20. The molecular formula is C10H11ClN4O. The van der Waals surface area contributed by atoms with Gasteiger partial charge in [-0.25, -0.2) is 4.98 Å². The van der Waals surface area contributed by atoms with Gasteiger partial charge in [0, 0.05) is 5.92 Å². The molecule has 2 heterocycles. The lowest BCUT2D eigenvalue weighted by Crippen LogP contribution is -1.97. The molecule has 1 saturated carbocycles. The quantitative estimate of drug-likeness (QED) is 0.768. The van der Waals surface area contributed by atoms with Crippen LogP contribution in [0.15, 0.2) is 6.07 Å². The predicted molar refractivity (Wildman–Crippen MR) is 58.9 cm³/mol. The summed E-state index contributed by atoms with van der Waals surface area (Å²) in [6.45, 7) is 2.42. The molecule has 16 heavy (non-hydrogen) atoms. The van der Waals surface area contributed by atoms with Crippen LogP contribution in [0.4, 0.5) is 0 Å². The molecule has 0 radical (unpaired) electrons. The van der Waals surface area contributed by atoms with Crippen LogP contribution in [0, 0.1) is 0 Å². The average Bonchev–Trinajstić information content (AvgIpc) is 3.01. The molecule has 3 rings (SSSR count). The summed E-state index contributed by atoms with van der Waals surface area (Å²) in [4.78, 5) is 8.59. The standard InChI is InChI=1S/C10H11ClN4O/c1-2-16-10-13-9-12-7(6-3-4-6)5-8(11)15(9)14-10/h5-6H,2-4H2,1H3. The van der Waals surface area contributed by atoms with Gasteiger partial charge in [-0.2, -0.15) is 9.50 Å². The maximum absolute atomic E-state index is 6.11. The minimum atomic E-state index is 0.324. The van der Waals surface area contributed by atoms with Crippen molar-refractivity contribution in [1.29, 1.82) is 0 Å². The second-order valence-electron chi connectivity index (χ2n) is 3.82. The van der Waals surface area contributed by atoms with E-state index in [1.807, 2.05) is 13.0 Å². The van der Waals surface area contributed by atoms with Gasteiger partial charge in [-0.15, -0.1) is 5.10 Å². The van der Waals surface area contributed by atoms with Crippen molar-refractivity contribution >= 4 is 17.4 Å². The molecule has 0 bridgehead atoms. The Morgan fingerprint density at radius 2 is 2.31 bits per heavy atom. The Morgan fingerprint density at radius 3 is 3.00 bits per heavy atom. The van der Waals surface area contributed by atoms with E-state index in [-0.39, 0.29) is 0 Å². The second kappa shape index (κ2) is 3.59. The minimum absolute atomic E-state index is 0.324. The molecule has 6 heteroatoms. The number of aromatic nitrogens is 4. The van der Waals surface area contributed by atoms with Gasteiger partial charge in [-0.05, 0) is 25.8 Å². The summed E-state index contributed by atoms with van der Waals surface area (Å²) in [6, 6.07) is 2.18. The monoisotopic (exact) mass is 238 g/mol. The lowest BCUT2D eigenvalue weighted by Gasteiger charge is -1.98. The summed E-state index contributed by atoms with van der Waals surface area (Å²) in [5, 5.41) is 4.64. The van der Waals surface area contributed by atoms with Crippen LogP contribution < -0.4 is 4.74 Å². The molecule has 0 saturated heterocycles. The first kappa shape index (κ1) is 9.84. The fourth-order valence-electron chi connectivity index (χ4n) is 1.61. The smallest absolute Gasteiger partial charge is 0.337 e. The van der Waals surface area contributed by atoms with Gasteiger partial charge in [0.15, 0.2) is 0 Å². The van der Waals surface area contributed by atoms with Crippen LogP contribution in [0.2, 0.25) is 5.15 Å². The lowest BCUT2D eigenvalue weighted by molar-refractivity contribution is 0.313. The van der Waals surface area contributed by atoms with Crippen molar-refractivity contribution in [3.63, 3.8) is 0 Å². The Kier molecular flexibility index (Phi) is 2.21. The maximum atomic E-state index is 6.11. The zero-order valence-corrected chi connectivity index (χ0v) is 9.61. The van der Waals surface area contributed by atoms with Gasteiger partial charge in [0.05, 0.1) is 12.3 Å². The highest BCUT2D eigenvalue weighted by Gasteiger charge is 2.26. The molecule has 1 fully saturated rings. The van der Waals surface area contributed by atoms with Crippen LogP contribution in [0.5, 0.6) is 6.01 Å². The summed E-state index contributed by atoms with van der Waals surface area (Å²) in [6.07, 6.45) is 2.37. The topological polar surface area (TPSA) is 52.3 Å². The van der Waals surface area contributed by atoms with Crippen LogP contribution >= 0.6 is 11.6 Å². The highest BCUT2D eigenvalue weighted by atomic mass is 35.5. The third-order valence-corrected chi connectivity index (χ3v) is 2.81. The van der Waals surface area contributed by atoms with Crippen molar-refractivity contribution in [2.24, 2.45) is 0 Å². The van der Waals surface area contributed by atoms with Gasteiger partial charge in [-0.1, -0.05) is 11.6 Å². The molecule has 0 aromatic carbocycles. The summed E-state index contributed by atoms with van der Waals surface area (Å²) >= 11 is 6.11. The highest BCUT2D eigenvalue weighted by molar-refractivity contribution is 6.29. The number of hydrogen-bond acceptors (Lipinski definition) is 4. The highest BCUT2D eigenvalue weighted by Crippen LogP contribution is 2.39. The Morgan fingerprint density at radius 1 is 1.50 bits per heavy atom. The van der Waals surface area contributed by atoms with Gasteiger partial charge in [0.2, 0.25) is 0 Å². The van der Waals surface area contributed by atoms with Crippen LogP contribution in [0.1, 0.15) is 31.4 Å². The molecule has 2 aromatic rings. The lowest BCUT2D eigenvalue weighted by atomic mass is 10.3. The fraction of sp³-hybridized carbons (Fsp3) is 0.500. The molecule has 84 valence electrons. The molecule has 0 N–H and O–H groups in total. The van der Waals surface area contributed by atoms with E-state index in [9.17, 15) is 0 Å². The Hall–Kier alpha value is -1.36. The van der Waals surface area contributed by atoms with Crippen LogP contribution in [-0.2, 0) is 0 Å². The number of fused-ring (bicyclic) bond motifs is 1. The number of rotatable bonds is 3. The number of hydrogen-bond donors (Lipinski definition) is 0. The van der Waals surface area contributed by atoms with E-state index in [0.717, 1.165) is 5.69 Å². The SMILES string of the molecule is CCOc1nc2nc(C3CC3)cc(Cl)n2n1. The Labute approximate surface area is 97.4 Å². The first-order valence-electron chi connectivity index (χ1n) is 5.34.